The van der Waals surface area contributed by atoms with Crippen LogP contribution < -0.4 is 5.32 Å². The van der Waals surface area contributed by atoms with Gasteiger partial charge in [-0.2, -0.15) is 0 Å². The molecule has 0 aliphatic rings. The minimum absolute atomic E-state index is 0.0460. The lowest BCUT2D eigenvalue weighted by molar-refractivity contribution is 0.0692. The van der Waals surface area contributed by atoms with E-state index < -0.39 is 11.9 Å². The first-order valence-corrected chi connectivity index (χ1v) is 4.80. The van der Waals surface area contributed by atoms with Crippen LogP contribution in [-0.2, 0) is 0 Å². The number of nitrogens with zero attached hydrogens (tertiary/aromatic N) is 1. The minimum Gasteiger partial charge on any atom is -0.477 e. The first-order valence-electron chi connectivity index (χ1n) is 4.80. The summed E-state index contributed by atoms with van der Waals surface area (Å²) in [6.45, 7) is 1.71. The van der Waals surface area contributed by atoms with E-state index in [4.69, 9.17) is 5.11 Å². The zero-order valence-electron chi connectivity index (χ0n) is 8.94. The van der Waals surface area contributed by atoms with Gasteiger partial charge in [0, 0.05) is 5.69 Å². The topological polar surface area (TPSA) is 111 Å². The average molecular weight is 234 g/mol. The van der Waals surface area contributed by atoms with Gasteiger partial charge in [-0.1, -0.05) is 0 Å². The van der Waals surface area contributed by atoms with Gasteiger partial charge >= 0.3 is 5.97 Å². The van der Waals surface area contributed by atoms with Crippen molar-refractivity contribution in [1.82, 2.24) is 15.0 Å². The van der Waals surface area contributed by atoms with Crippen LogP contribution in [0.1, 0.15) is 26.7 Å². The van der Waals surface area contributed by atoms with Gasteiger partial charge in [-0.3, -0.25) is 4.79 Å². The Morgan fingerprint density at radius 2 is 2.24 bits per heavy atom. The van der Waals surface area contributed by atoms with E-state index in [1.807, 2.05) is 0 Å². The van der Waals surface area contributed by atoms with Crippen LogP contribution in [0.4, 0.5) is 5.69 Å². The Kier molecular flexibility index (Phi) is 2.65. The molecule has 0 unspecified atom stereocenters. The summed E-state index contributed by atoms with van der Waals surface area (Å²) in [7, 11) is 0. The lowest BCUT2D eigenvalue weighted by Crippen LogP contribution is -2.14. The van der Waals surface area contributed by atoms with E-state index in [-0.39, 0.29) is 17.1 Å². The lowest BCUT2D eigenvalue weighted by Gasteiger charge is -2.01. The molecule has 0 radical (unpaired) electrons. The van der Waals surface area contributed by atoms with Crippen molar-refractivity contribution in [2.45, 2.75) is 6.92 Å². The van der Waals surface area contributed by atoms with Gasteiger partial charge in [0.1, 0.15) is 11.4 Å². The molecule has 0 aliphatic heterocycles. The maximum Gasteiger partial charge on any atom is 0.354 e. The number of hydrogen-bond acceptors (Lipinski definition) is 3. The number of carboxylic acid groups (broad SMARTS) is 1. The summed E-state index contributed by atoms with van der Waals surface area (Å²) in [4.78, 5) is 31.6. The predicted molar refractivity (Wildman–Crippen MR) is 59.0 cm³/mol. The number of nitrogens with one attached hydrogen (secondary N) is 3. The molecule has 17 heavy (non-hydrogen) atoms. The fraction of sp³-hybridized carbons (Fsp3) is 0.100. The highest BCUT2D eigenvalue weighted by atomic mass is 16.4. The quantitative estimate of drug-likeness (QED) is 0.634. The van der Waals surface area contributed by atoms with Crippen molar-refractivity contribution >= 4 is 17.6 Å². The summed E-state index contributed by atoms with van der Waals surface area (Å²) in [6, 6.07) is 1.55. The van der Waals surface area contributed by atoms with Crippen LogP contribution in [0.15, 0.2) is 18.6 Å². The van der Waals surface area contributed by atoms with Crippen LogP contribution in [-0.4, -0.2) is 31.9 Å². The maximum absolute atomic E-state index is 11.7. The number of aryl methyl sites for hydroxylation is 1. The van der Waals surface area contributed by atoms with Crippen molar-refractivity contribution in [3.8, 4) is 0 Å². The molecule has 0 saturated carbocycles. The van der Waals surface area contributed by atoms with E-state index in [2.05, 4.69) is 20.3 Å². The number of hydrogen-bond donors (Lipinski definition) is 4. The number of carbonyl (C=O) groups excluding carboxylic acids is 1. The van der Waals surface area contributed by atoms with Crippen molar-refractivity contribution in [1.29, 1.82) is 0 Å². The molecule has 0 aliphatic carbocycles. The standard InChI is InChI=1S/C10H10N4O3/c1-5-2-6(8(13-5)10(16)17)14-9(15)7-3-11-4-12-7/h2-4,13H,1H3,(H,11,12)(H,14,15)(H,16,17). The van der Waals surface area contributed by atoms with E-state index in [1.54, 1.807) is 13.0 Å². The molecule has 0 aromatic carbocycles. The molecule has 0 fully saturated rings. The van der Waals surface area contributed by atoms with Crippen LogP contribution in [0, 0.1) is 6.92 Å². The number of aromatic nitrogens is 3. The Morgan fingerprint density at radius 3 is 2.82 bits per heavy atom. The molecule has 2 aromatic rings. The monoisotopic (exact) mass is 234 g/mol. The number of amides is 1. The average Bonchev–Trinajstić information content (AvgIpc) is 2.86. The van der Waals surface area contributed by atoms with Gasteiger partial charge in [0.25, 0.3) is 5.91 Å². The second-order valence-electron chi connectivity index (χ2n) is 3.47. The van der Waals surface area contributed by atoms with Crippen LogP contribution in [0.5, 0.6) is 0 Å². The van der Waals surface area contributed by atoms with Crippen molar-refractivity contribution in [2.75, 3.05) is 5.32 Å². The molecule has 2 rings (SSSR count). The molecule has 88 valence electrons. The molecular formula is C10H10N4O3. The van der Waals surface area contributed by atoms with Crippen LogP contribution in [0.2, 0.25) is 0 Å². The molecular weight excluding hydrogens is 224 g/mol. The van der Waals surface area contributed by atoms with E-state index in [1.165, 1.54) is 12.5 Å². The predicted octanol–water partition coefficient (Wildman–Crippen LogP) is 0.997. The smallest absolute Gasteiger partial charge is 0.354 e. The van der Waals surface area contributed by atoms with Crippen LogP contribution >= 0.6 is 0 Å². The summed E-state index contributed by atoms with van der Waals surface area (Å²) in [6.07, 6.45) is 2.73. The molecule has 4 N–H and O–H groups in total. The third-order valence-electron chi connectivity index (χ3n) is 2.16. The highest BCUT2D eigenvalue weighted by Gasteiger charge is 2.16. The van der Waals surface area contributed by atoms with Gasteiger partial charge in [-0.05, 0) is 13.0 Å². The normalized spacial score (nSPS) is 10.2. The van der Waals surface area contributed by atoms with Gasteiger partial charge in [-0.15, -0.1) is 0 Å². The summed E-state index contributed by atoms with van der Waals surface area (Å²) in [5.74, 6) is -1.57. The number of carbonyl (C=O) groups is 2. The minimum atomic E-state index is -1.13. The highest BCUT2D eigenvalue weighted by Crippen LogP contribution is 2.17. The van der Waals surface area contributed by atoms with E-state index in [0.717, 1.165) is 0 Å². The zero-order valence-corrected chi connectivity index (χ0v) is 8.94. The fourth-order valence-electron chi connectivity index (χ4n) is 1.43. The Bertz CT molecular complexity index is 556. The SMILES string of the molecule is Cc1cc(NC(=O)c2cnc[nH]2)c(C(=O)O)[nH]1. The largest absolute Gasteiger partial charge is 0.477 e. The van der Waals surface area contributed by atoms with Gasteiger partial charge in [0.15, 0.2) is 0 Å². The number of aromatic carboxylic acids is 1. The molecule has 0 atom stereocenters. The number of H-pyrrole nitrogens is 2. The van der Waals surface area contributed by atoms with E-state index in [9.17, 15) is 9.59 Å². The van der Waals surface area contributed by atoms with Crippen LogP contribution in [0.3, 0.4) is 0 Å². The molecule has 0 bridgehead atoms. The summed E-state index contributed by atoms with van der Waals surface area (Å²) >= 11 is 0. The van der Waals surface area contributed by atoms with Gasteiger partial charge < -0.3 is 20.4 Å². The Hall–Kier alpha value is -2.57. The summed E-state index contributed by atoms with van der Waals surface area (Å²) < 4.78 is 0. The van der Waals surface area contributed by atoms with Gasteiger partial charge in [0.2, 0.25) is 0 Å². The first kappa shape index (κ1) is 10.9. The third kappa shape index (κ3) is 2.17. The molecule has 7 nitrogen and oxygen atoms in total. The van der Waals surface area contributed by atoms with Gasteiger partial charge in [0.05, 0.1) is 18.2 Å². The van der Waals surface area contributed by atoms with Crippen molar-refractivity contribution in [3.63, 3.8) is 0 Å². The first-order chi connectivity index (χ1) is 8.08. The van der Waals surface area contributed by atoms with Crippen molar-refractivity contribution < 1.29 is 14.7 Å². The second kappa shape index (κ2) is 4.12. The lowest BCUT2D eigenvalue weighted by atomic mass is 10.3. The maximum atomic E-state index is 11.7. The van der Waals surface area contributed by atoms with Crippen LogP contribution in [0.25, 0.3) is 0 Å². The molecule has 0 saturated heterocycles. The molecule has 2 aromatic heterocycles. The number of aromatic amines is 2. The molecule has 0 spiro atoms. The third-order valence-corrected chi connectivity index (χ3v) is 2.16. The Labute approximate surface area is 95.9 Å². The number of anilines is 1. The number of carboxylic acids is 1. The highest BCUT2D eigenvalue weighted by molar-refractivity contribution is 6.06. The Balaban J connectivity index is 2.24. The molecule has 7 heteroatoms. The summed E-state index contributed by atoms with van der Waals surface area (Å²) in [5.41, 5.74) is 1.10. The second-order valence-corrected chi connectivity index (χ2v) is 3.47. The zero-order chi connectivity index (χ0) is 12.4. The van der Waals surface area contributed by atoms with Crippen molar-refractivity contribution in [3.05, 3.63) is 35.7 Å². The number of rotatable bonds is 3. The van der Waals surface area contributed by atoms with Gasteiger partial charge in [-0.25, -0.2) is 9.78 Å². The van der Waals surface area contributed by atoms with E-state index in [0.29, 0.717) is 5.69 Å². The number of imidazole rings is 1. The molecule has 1 amide bonds. The molecule has 2 heterocycles. The Morgan fingerprint density at radius 1 is 1.47 bits per heavy atom. The van der Waals surface area contributed by atoms with Crippen molar-refractivity contribution in [2.24, 2.45) is 0 Å². The van der Waals surface area contributed by atoms with E-state index >= 15 is 0 Å². The summed E-state index contributed by atoms with van der Waals surface area (Å²) in [5, 5.41) is 11.4. The fourth-order valence-corrected chi connectivity index (χ4v) is 1.43.